The van der Waals surface area contributed by atoms with Crippen molar-refractivity contribution in [2.75, 3.05) is 39.2 Å². The van der Waals surface area contributed by atoms with Gasteiger partial charge in [-0.3, -0.25) is 19.3 Å². The summed E-state index contributed by atoms with van der Waals surface area (Å²) in [6, 6.07) is 7.15. The summed E-state index contributed by atoms with van der Waals surface area (Å²) in [5, 5.41) is 2.64. The molecule has 1 aliphatic heterocycles. The van der Waals surface area contributed by atoms with Crippen LogP contribution in [-0.2, 0) is 25.7 Å². The van der Waals surface area contributed by atoms with E-state index in [-0.39, 0.29) is 5.91 Å². The average molecular weight is 418 g/mol. The smallest absolute Gasteiger partial charge is 0.326 e. The summed E-state index contributed by atoms with van der Waals surface area (Å²) in [7, 11) is 5.51. The average Bonchev–Trinajstić information content (AvgIpc) is 2.96. The molecule has 30 heavy (non-hydrogen) atoms. The Labute approximate surface area is 176 Å². The molecule has 1 saturated heterocycles. The fraction of sp³-hybridized carbons (Fsp3) is 0.524. The first-order valence-corrected chi connectivity index (χ1v) is 9.93. The predicted molar refractivity (Wildman–Crippen MR) is 112 cm³/mol. The van der Waals surface area contributed by atoms with Gasteiger partial charge >= 0.3 is 12.0 Å². The standard InChI is InChI=1S/C21H30N4O5/c1-6-21(7-2)19(28)25(20(29)22-21)13-18(27)30-14-17(26)24(5)12-15-8-10-16(11-9-15)23(3)4/h8-11H,6-7,12-14H2,1-5H3,(H,22,29). The van der Waals surface area contributed by atoms with Crippen LogP contribution in [-0.4, -0.2) is 73.4 Å². The van der Waals surface area contributed by atoms with Crippen LogP contribution in [0, 0.1) is 0 Å². The van der Waals surface area contributed by atoms with E-state index in [0.29, 0.717) is 19.4 Å². The zero-order valence-electron chi connectivity index (χ0n) is 18.2. The second kappa shape index (κ2) is 9.60. The van der Waals surface area contributed by atoms with Gasteiger partial charge in [0.05, 0.1) is 0 Å². The first-order chi connectivity index (χ1) is 14.1. The molecule has 0 atom stereocenters. The number of rotatable bonds is 9. The van der Waals surface area contributed by atoms with Crippen LogP contribution in [0.2, 0.25) is 0 Å². The molecule has 0 bridgehead atoms. The number of carbonyl (C=O) groups is 4. The van der Waals surface area contributed by atoms with Crippen molar-refractivity contribution in [1.82, 2.24) is 15.1 Å². The monoisotopic (exact) mass is 418 g/mol. The molecular weight excluding hydrogens is 388 g/mol. The maximum Gasteiger partial charge on any atom is 0.326 e. The maximum absolute atomic E-state index is 12.5. The van der Waals surface area contributed by atoms with Crippen LogP contribution in [0.1, 0.15) is 32.3 Å². The van der Waals surface area contributed by atoms with E-state index in [0.717, 1.165) is 16.2 Å². The second-order valence-electron chi connectivity index (χ2n) is 7.58. The molecule has 164 valence electrons. The van der Waals surface area contributed by atoms with E-state index in [1.807, 2.05) is 43.3 Å². The van der Waals surface area contributed by atoms with Crippen molar-refractivity contribution < 1.29 is 23.9 Å². The number of amides is 4. The Balaban J connectivity index is 1.84. The number of urea groups is 1. The SMILES string of the molecule is CCC1(CC)NC(=O)N(CC(=O)OCC(=O)N(C)Cc2ccc(N(C)C)cc2)C1=O. The lowest BCUT2D eigenvalue weighted by molar-refractivity contribution is -0.153. The number of nitrogens with zero attached hydrogens (tertiary/aromatic N) is 3. The van der Waals surface area contributed by atoms with Crippen molar-refractivity contribution in [3.8, 4) is 0 Å². The molecule has 9 nitrogen and oxygen atoms in total. The number of anilines is 1. The molecule has 0 saturated carbocycles. The van der Waals surface area contributed by atoms with Crippen LogP contribution >= 0.6 is 0 Å². The van der Waals surface area contributed by atoms with Gasteiger partial charge in [0.15, 0.2) is 6.61 Å². The van der Waals surface area contributed by atoms with E-state index >= 15 is 0 Å². The lowest BCUT2D eigenvalue weighted by Crippen LogP contribution is -2.46. The number of ether oxygens (including phenoxy) is 1. The number of nitrogens with one attached hydrogen (secondary N) is 1. The summed E-state index contributed by atoms with van der Waals surface area (Å²) in [5.74, 6) is -1.63. The van der Waals surface area contributed by atoms with Crippen LogP contribution in [0.5, 0.6) is 0 Å². The van der Waals surface area contributed by atoms with E-state index in [1.54, 1.807) is 20.9 Å². The van der Waals surface area contributed by atoms with Crippen molar-refractivity contribution in [2.24, 2.45) is 0 Å². The fourth-order valence-electron chi connectivity index (χ4n) is 3.24. The third kappa shape index (κ3) is 5.08. The van der Waals surface area contributed by atoms with Crippen molar-refractivity contribution in [3.05, 3.63) is 29.8 Å². The highest BCUT2D eigenvalue weighted by Crippen LogP contribution is 2.24. The Hall–Kier alpha value is -3.10. The third-order valence-corrected chi connectivity index (χ3v) is 5.40. The van der Waals surface area contributed by atoms with Crippen molar-refractivity contribution in [1.29, 1.82) is 0 Å². The van der Waals surface area contributed by atoms with Crippen molar-refractivity contribution in [2.45, 2.75) is 38.8 Å². The highest BCUT2D eigenvalue weighted by Gasteiger charge is 2.49. The number of hydrogen-bond acceptors (Lipinski definition) is 6. The lowest BCUT2D eigenvalue weighted by Gasteiger charge is -2.23. The largest absolute Gasteiger partial charge is 0.454 e. The Bertz CT molecular complexity index is 802. The van der Waals surface area contributed by atoms with E-state index in [1.165, 1.54) is 4.90 Å². The fourth-order valence-corrected chi connectivity index (χ4v) is 3.24. The highest BCUT2D eigenvalue weighted by molar-refractivity contribution is 6.08. The molecular formula is C21H30N4O5. The van der Waals surface area contributed by atoms with Crippen molar-refractivity contribution in [3.63, 3.8) is 0 Å². The first kappa shape index (κ1) is 23.2. The molecule has 1 fully saturated rings. The Morgan fingerprint density at radius 2 is 1.67 bits per heavy atom. The number of carbonyl (C=O) groups excluding carboxylic acids is 4. The molecule has 1 N–H and O–H groups in total. The third-order valence-electron chi connectivity index (χ3n) is 5.40. The summed E-state index contributed by atoms with van der Waals surface area (Å²) in [4.78, 5) is 53.2. The summed E-state index contributed by atoms with van der Waals surface area (Å²) < 4.78 is 5.00. The number of esters is 1. The molecule has 4 amide bonds. The first-order valence-electron chi connectivity index (χ1n) is 9.93. The van der Waals surface area contributed by atoms with Crippen LogP contribution in [0.25, 0.3) is 0 Å². The molecule has 2 rings (SSSR count). The number of hydrogen-bond donors (Lipinski definition) is 1. The predicted octanol–water partition coefficient (Wildman–Crippen LogP) is 1.36. The van der Waals surface area contributed by atoms with E-state index in [4.69, 9.17) is 4.74 Å². The molecule has 0 radical (unpaired) electrons. The minimum absolute atomic E-state index is 0.368. The normalized spacial score (nSPS) is 15.0. The van der Waals surface area contributed by atoms with Gasteiger partial charge in [0.2, 0.25) is 0 Å². The number of likely N-dealkylation sites (N-methyl/N-ethyl adjacent to an activating group) is 1. The van der Waals surface area contributed by atoms with Gasteiger partial charge in [-0.05, 0) is 30.5 Å². The minimum atomic E-state index is -0.977. The quantitative estimate of drug-likeness (QED) is 0.480. The maximum atomic E-state index is 12.5. The molecule has 0 aliphatic carbocycles. The molecule has 0 aromatic heterocycles. The molecule has 1 heterocycles. The zero-order chi connectivity index (χ0) is 22.5. The topological polar surface area (TPSA) is 99.3 Å². The molecule has 0 unspecified atom stereocenters. The van der Waals surface area contributed by atoms with Gasteiger partial charge < -0.3 is 19.9 Å². The van der Waals surface area contributed by atoms with Crippen molar-refractivity contribution >= 4 is 29.5 Å². The van der Waals surface area contributed by atoms with Gasteiger partial charge in [0, 0.05) is 33.4 Å². The van der Waals surface area contributed by atoms with Crippen LogP contribution in [0.3, 0.4) is 0 Å². The molecule has 1 aliphatic rings. The minimum Gasteiger partial charge on any atom is -0.454 e. The summed E-state index contributed by atoms with van der Waals surface area (Å²) in [6.45, 7) is 2.99. The van der Waals surface area contributed by atoms with Gasteiger partial charge in [-0.25, -0.2) is 4.79 Å². The number of benzene rings is 1. The second-order valence-corrected chi connectivity index (χ2v) is 7.58. The van der Waals surface area contributed by atoms with E-state index < -0.39 is 36.6 Å². The van der Waals surface area contributed by atoms with Gasteiger partial charge in [0.25, 0.3) is 11.8 Å². The number of imide groups is 1. The Morgan fingerprint density at radius 3 is 2.17 bits per heavy atom. The summed E-state index contributed by atoms with van der Waals surface area (Å²) in [6.07, 6.45) is 0.858. The molecule has 0 spiro atoms. The van der Waals surface area contributed by atoms with Crippen LogP contribution in [0.15, 0.2) is 24.3 Å². The lowest BCUT2D eigenvalue weighted by atomic mass is 9.93. The molecule has 1 aromatic carbocycles. The molecule has 1 aromatic rings. The summed E-state index contributed by atoms with van der Waals surface area (Å²) >= 11 is 0. The zero-order valence-corrected chi connectivity index (χ0v) is 18.2. The van der Waals surface area contributed by atoms with Gasteiger partial charge in [-0.15, -0.1) is 0 Å². The highest BCUT2D eigenvalue weighted by atomic mass is 16.5. The van der Waals surface area contributed by atoms with E-state index in [2.05, 4.69) is 5.32 Å². The Kier molecular flexibility index (Phi) is 7.42. The van der Waals surface area contributed by atoms with E-state index in [9.17, 15) is 19.2 Å². The molecule has 9 heteroatoms. The van der Waals surface area contributed by atoms with Crippen LogP contribution in [0.4, 0.5) is 10.5 Å². The van der Waals surface area contributed by atoms with Gasteiger partial charge in [-0.2, -0.15) is 0 Å². The van der Waals surface area contributed by atoms with Gasteiger partial charge in [-0.1, -0.05) is 26.0 Å². The van der Waals surface area contributed by atoms with Gasteiger partial charge in [0.1, 0.15) is 12.1 Å². The van der Waals surface area contributed by atoms with Crippen LogP contribution < -0.4 is 10.2 Å². The Morgan fingerprint density at radius 1 is 1.07 bits per heavy atom. The summed E-state index contributed by atoms with van der Waals surface area (Å²) in [5.41, 5.74) is 1.02.